The van der Waals surface area contributed by atoms with Crippen LogP contribution in [0.5, 0.6) is 0 Å². The van der Waals surface area contributed by atoms with Gasteiger partial charge in [0.1, 0.15) is 0 Å². The summed E-state index contributed by atoms with van der Waals surface area (Å²) in [6.45, 7) is 4.71. The molecule has 0 N–H and O–H groups in total. The molecule has 2 heterocycles. The summed E-state index contributed by atoms with van der Waals surface area (Å²) in [6, 6.07) is 76.8. The Morgan fingerprint density at radius 2 is 0.984 bits per heavy atom. The molecule has 2 aliphatic carbocycles. The minimum Gasteiger partial charge on any atom is -0.310 e. The third-order valence-electron chi connectivity index (χ3n) is 14.3. The first-order chi connectivity index (χ1) is 31.5. The smallest absolute Gasteiger partial charge is 0.0641 e. The Morgan fingerprint density at radius 3 is 1.77 bits per heavy atom. The van der Waals surface area contributed by atoms with Crippen molar-refractivity contribution in [1.82, 2.24) is 4.57 Å². The molecular weight excluding hydrogens is 793 g/mol. The van der Waals surface area contributed by atoms with E-state index in [0.29, 0.717) is 0 Å². The second-order valence-corrected chi connectivity index (χ2v) is 19.1. The van der Waals surface area contributed by atoms with Gasteiger partial charge in [-0.2, -0.15) is 0 Å². The Bertz CT molecular complexity index is 3910. The minimum atomic E-state index is -0.0804. The maximum atomic E-state index is 2.56. The summed E-state index contributed by atoms with van der Waals surface area (Å²) in [4.78, 5) is 2.39. The van der Waals surface area contributed by atoms with Crippen LogP contribution in [0.2, 0.25) is 0 Å². The number of fused-ring (bicyclic) bond motifs is 11. The minimum absolute atomic E-state index is 0.0804. The van der Waals surface area contributed by atoms with E-state index in [2.05, 4.69) is 230 Å². The molecule has 10 aromatic carbocycles. The van der Waals surface area contributed by atoms with Crippen LogP contribution in [0.1, 0.15) is 25.0 Å². The van der Waals surface area contributed by atoms with E-state index in [9.17, 15) is 0 Å². The number of hydrogen-bond acceptors (Lipinski definition) is 2. The molecule has 0 fully saturated rings. The van der Waals surface area contributed by atoms with Crippen LogP contribution in [-0.4, -0.2) is 4.57 Å². The third kappa shape index (κ3) is 4.85. The Morgan fingerprint density at radius 1 is 0.406 bits per heavy atom. The van der Waals surface area contributed by atoms with Crippen LogP contribution in [0, 0.1) is 0 Å². The summed E-state index contributed by atoms with van der Waals surface area (Å²) >= 11 is 1.92. The van der Waals surface area contributed by atoms with Crippen LogP contribution in [0.25, 0.3) is 103 Å². The van der Waals surface area contributed by atoms with Gasteiger partial charge < -0.3 is 9.47 Å². The first kappa shape index (κ1) is 35.8. The van der Waals surface area contributed by atoms with Crippen LogP contribution >= 0.6 is 11.3 Å². The van der Waals surface area contributed by atoms with Gasteiger partial charge in [-0.1, -0.05) is 159 Å². The quantitative estimate of drug-likeness (QED) is 0.168. The molecule has 12 aromatic rings. The number of anilines is 3. The monoisotopic (exact) mass is 832 g/mol. The second-order valence-electron chi connectivity index (χ2n) is 18.0. The fraction of sp³-hybridized carbons (Fsp3) is 0.0492. The van der Waals surface area contributed by atoms with Crippen molar-refractivity contribution >= 4 is 81.1 Å². The normalized spacial score (nSPS) is 13.3. The highest BCUT2D eigenvalue weighted by Gasteiger charge is 2.36. The molecule has 3 heteroatoms. The summed E-state index contributed by atoms with van der Waals surface area (Å²) in [5.74, 6) is 0. The van der Waals surface area contributed by atoms with Crippen LogP contribution in [0.15, 0.2) is 206 Å². The standard InChI is InChI=1S/C61H40N2S/c1-61(2)51-23-10-8-18-45(51)46-35-34-42(36-52(46)61)62(39-14-4-3-5-15-39)40-30-26-37(27-31-40)38-28-32-41(33-29-38)63-53-24-13-21-48-44-17-7-6-16-43(44)47-20-12-22-50-55(47)58(56(48)53)59(63)57-49-19-9-11-25-54(49)64-60(50)57/h3-36H,1-2H3. The molecule has 0 unspecified atom stereocenters. The number of nitrogens with zero attached hydrogens (tertiary/aromatic N) is 2. The van der Waals surface area contributed by atoms with Gasteiger partial charge in [-0.15, -0.1) is 11.3 Å². The van der Waals surface area contributed by atoms with Gasteiger partial charge >= 0.3 is 0 Å². The number of aromatic nitrogens is 1. The van der Waals surface area contributed by atoms with Crippen molar-refractivity contribution in [2.75, 3.05) is 4.90 Å². The molecule has 0 aliphatic heterocycles. The molecule has 300 valence electrons. The van der Waals surface area contributed by atoms with E-state index in [-0.39, 0.29) is 5.41 Å². The molecule has 2 aliphatic rings. The molecule has 0 amide bonds. The second kappa shape index (κ2) is 13.2. The van der Waals surface area contributed by atoms with Gasteiger partial charge in [0, 0.05) is 69.9 Å². The van der Waals surface area contributed by atoms with Crippen molar-refractivity contribution in [3.8, 4) is 50.2 Å². The van der Waals surface area contributed by atoms with Crippen LogP contribution in [0.3, 0.4) is 0 Å². The molecule has 64 heavy (non-hydrogen) atoms. The van der Waals surface area contributed by atoms with Gasteiger partial charge in [0.25, 0.3) is 0 Å². The lowest BCUT2D eigenvalue weighted by Gasteiger charge is -2.28. The number of para-hydroxylation sites is 1. The summed E-state index contributed by atoms with van der Waals surface area (Å²) in [5, 5.41) is 8.03. The molecule has 2 aromatic heterocycles. The number of hydrogen-bond donors (Lipinski definition) is 0. The van der Waals surface area contributed by atoms with E-state index in [4.69, 9.17) is 0 Å². The van der Waals surface area contributed by atoms with Crippen molar-refractivity contribution in [3.05, 3.63) is 217 Å². The average molecular weight is 833 g/mol. The molecule has 0 spiro atoms. The first-order valence-corrected chi connectivity index (χ1v) is 23.1. The Hall–Kier alpha value is -7.72. The molecule has 14 rings (SSSR count). The first-order valence-electron chi connectivity index (χ1n) is 22.3. The van der Waals surface area contributed by atoms with Gasteiger partial charge in [-0.25, -0.2) is 0 Å². The van der Waals surface area contributed by atoms with Gasteiger partial charge in [0.05, 0.1) is 11.0 Å². The molecule has 2 nitrogen and oxygen atoms in total. The van der Waals surface area contributed by atoms with Gasteiger partial charge in [-0.3, -0.25) is 0 Å². The van der Waals surface area contributed by atoms with Crippen LogP contribution in [0.4, 0.5) is 17.1 Å². The summed E-state index contributed by atoms with van der Waals surface area (Å²) in [6.07, 6.45) is 0. The number of rotatable bonds is 5. The van der Waals surface area contributed by atoms with E-state index in [1.165, 1.54) is 108 Å². The lowest BCUT2D eigenvalue weighted by molar-refractivity contribution is 0.660. The zero-order chi connectivity index (χ0) is 42.3. The maximum absolute atomic E-state index is 2.56. The fourth-order valence-corrected chi connectivity index (χ4v) is 12.7. The topological polar surface area (TPSA) is 8.17 Å². The van der Waals surface area contributed by atoms with E-state index >= 15 is 0 Å². The van der Waals surface area contributed by atoms with E-state index in [0.717, 1.165) is 22.7 Å². The summed E-state index contributed by atoms with van der Waals surface area (Å²) in [7, 11) is 0. The summed E-state index contributed by atoms with van der Waals surface area (Å²) in [5.41, 5.74) is 20.0. The third-order valence-corrected chi connectivity index (χ3v) is 15.5. The zero-order valence-corrected chi connectivity index (χ0v) is 36.2. The zero-order valence-electron chi connectivity index (χ0n) is 35.4. The predicted octanol–water partition coefficient (Wildman–Crippen LogP) is 17.4. The summed E-state index contributed by atoms with van der Waals surface area (Å²) < 4.78 is 5.23. The number of thiophene rings is 1. The van der Waals surface area contributed by atoms with Gasteiger partial charge in [0.15, 0.2) is 0 Å². The molecule has 0 atom stereocenters. The molecular formula is C61H40N2S. The van der Waals surface area contributed by atoms with Crippen molar-refractivity contribution in [2.24, 2.45) is 0 Å². The number of benzene rings is 10. The van der Waals surface area contributed by atoms with Gasteiger partial charge in [-0.05, 0) is 116 Å². The molecule has 0 saturated heterocycles. The lowest BCUT2D eigenvalue weighted by Crippen LogP contribution is -2.16. The van der Waals surface area contributed by atoms with Crippen molar-refractivity contribution in [3.63, 3.8) is 0 Å². The van der Waals surface area contributed by atoms with Crippen molar-refractivity contribution < 1.29 is 0 Å². The van der Waals surface area contributed by atoms with Crippen molar-refractivity contribution in [2.45, 2.75) is 19.3 Å². The molecule has 0 radical (unpaired) electrons. The lowest BCUT2D eigenvalue weighted by atomic mass is 9.82. The Kier molecular flexibility index (Phi) is 7.36. The SMILES string of the molecule is CC1(C)c2ccccc2-c2ccc(N(c3ccccc3)c3ccc(-c4ccc(-n5c6cccc7c6c6c8c(cccc8c8sc9ccccc9c8c65)-c5ccccc5-7)cc4)cc3)cc21. The van der Waals surface area contributed by atoms with E-state index < -0.39 is 0 Å². The highest BCUT2D eigenvalue weighted by molar-refractivity contribution is 7.27. The van der Waals surface area contributed by atoms with E-state index in [1.807, 2.05) is 11.3 Å². The Balaban J connectivity index is 0.916. The maximum Gasteiger partial charge on any atom is 0.0641 e. The highest BCUT2D eigenvalue weighted by atomic mass is 32.1. The Labute approximate surface area is 375 Å². The molecule has 0 bridgehead atoms. The molecule has 0 saturated carbocycles. The van der Waals surface area contributed by atoms with Gasteiger partial charge in [0.2, 0.25) is 0 Å². The van der Waals surface area contributed by atoms with Crippen LogP contribution in [-0.2, 0) is 5.41 Å². The average Bonchev–Trinajstić information content (AvgIpc) is 3.95. The predicted molar refractivity (Wildman–Crippen MR) is 273 cm³/mol. The largest absolute Gasteiger partial charge is 0.310 e. The fourth-order valence-electron chi connectivity index (χ4n) is 11.4. The van der Waals surface area contributed by atoms with E-state index in [1.54, 1.807) is 0 Å². The highest BCUT2D eigenvalue weighted by Crippen LogP contribution is 2.55. The van der Waals surface area contributed by atoms with Crippen LogP contribution < -0.4 is 4.90 Å². The van der Waals surface area contributed by atoms with Crippen molar-refractivity contribution in [1.29, 1.82) is 0 Å².